The molecule has 2 heteroatoms. The van der Waals surface area contributed by atoms with E-state index in [1.54, 1.807) is 0 Å². The van der Waals surface area contributed by atoms with Crippen LogP contribution in [0.3, 0.4) is 0 Å². The van der Waals surface area contributed by atoms with Gasteiger partial charge in [-0.2, -0.15) is 0 Å². The third kappa shape index (κ3) is 5.05. The standard InChI is InChI=1S/C26H38N2/c1-7-19-28(20-8-2)25-17-15-24(16-18-25)22(4)26(9-3,27(5)6)21-23-13-11-10-12-14-23/h10-18H,4,7-9,19-21H2,1-3,5-6H3. The highest BCUT2D eigenvalue weighted by Gasteiger charge is 2.34. The van der Waals surface area contributed by atoms with Crippen LogP contribution in [0.2, 0.25) is 0 Å². The number of hydrogen-bond donors (Lipinski definition) is 0. The molecule has 2 nitrogen and oxygen atoms in total. The summed E-state index contributed by atoms with van der Waals surface area (Å²) in [5, 5.41) is 0. The molecule has 28 heavy (non-hydrogen) atoms. The first-order chi connectivity index (χ1) is 13.5. The van der Waals surface area contributed by atoms with Gasteiger partial charge in [0.15, 0.2) is 0 Å². The molecule has 0 spiro atoms. The molecule has 0 aromatic heterocycles. The number of likely N-dealkylation sites (N-methyl/N-ethyl adjacent to an activating group) is 1. The van der Waals surface area contributed by atoms with E-state index in [4.69, 9.17) is 0 Å². The van der Waals surface area contributed by atoms with Gasteiger partial charge in [-0.15, -0.1) is 0 Å². The van der Waals surface area contributed by atoms with Crippen LogP contribution in [0.25, 0.3) is 5.57 Å². The number of benzene rings is 2. The molecule has 1 unspecified atom stereocenters. The zero-order valence-electron chi connectivity index (χ0n) is 18.5. The summed E-state index contributed by atoms with van der Waals surface area (Å²) in [5.74, 6) is 0. The molecule has 0 aliphatic heterocycles. The van der Waals surface area contributed by atoms with Gasteiger partial charge in [0.05, 0.1) is 0 Å². The maximum absolute atomic E-state index is 4.58. The fourth-order valence-corrected chi connectivity index (χ4v) is 4.17. The molecule has 2 aromatic carbocycles. The molecule has 0 amide bonds. The second-order valence-electron chi connectivity index (χ2n) is 7.95. The Bertz CT molecular complexity index is 712. The van der Waals surface area contributed by atoms with E-state index in [-0.39, 0.29) is 5.54 Å². The van der Waals surface area contributed by atoms with Gasteiger partial charge in [0, 0.05) is 24.3 Å². The molecule has 1 atom stereocenters. The lowest BCUT2D eigenvalue weighted by Crippen LogP contribution is -2.46. The second kappa shape index (κ2) is 10.5. The Morgan fingerprint density at radius 2 is 1.43 bits per heavy atom. The molecule has 2 rings (SSSR count). The Balaban J connectivity index is 2.31. The third-order valence-electron chi connectivity index (χ3n) is 5.91. The van der Waals surface area contributed by atoms with Gasteiger partial charge in [-0.05, 0) is 68.6 Å². The van der Waals surface area contributed by atoms with Crippen molar-refractivity contribution in [3.05, 3.63) is 72.3 Å². The first-order valence-electron chi connectivity index (χ1n) is 10.7. The van der Waals surface area contributed by atoms with Crippen molar-refractivity contribution in [2.24, 2.45) is 0 Å². The number of nitrogens with zero attached hydrogens (tertiary/aromatic N) is 2. The summed E-state index contributed by atoms with van der Waals surface area (Å²) in [6, 6.07) is 19.8. The van der Waals surface area contributed by atoms with Crippen molar-refractivity contribution >= 4 is 11.3 Å². The minimum absolute atomic E-state index is 0.0879. The number of rotatable bonds is 11. The maximum atomic E-state index is 4.58. The van der Waals surface area contributed by atoms with E-state index < -0.39 is 0 Å². The predicted octanol–water partition coefficient (Wildman–Crippen LogP) is 6.28. The van der Waals surface area contributed by atoms with Crippen molar-refractivity contribution in [2.45, 2.75) is 52.0 Å². The fraction of sp³-hybridized carbons (Fsp3) is 0.462. The molecule has 152 valence electrons. The number of anilines is 1. The number of hydrogen-bond acceptors (Lipinski definition) is 2. The van der Waals surface area contributed by atoms with E-state index in [0.29, 0.717) is 0 Å². The Morgan fingerprint density at radius 1 is 0.857 bits per heavy atom. The van der Waals surface area contributed by atoms with Gasteiger partial charge in [0.2, 0.25) is 0 Å². The SMILES string of the molecule is C=C(c1ccc(N(CCC)CCC)cc1)C(CC)(Cc1ccccc1)N(C)C. The highest BCUT2D eigenvalue weighted by atomic mass is 15.1. The Morgan fingerprint density at radius 3 is 1.89 bits per heavy atom. The molecule has 0 heterocycles. The Labute approximate surface area is 172 Å². The predicted molar refractivity (Wildman–Crippen MR) is 125 cm³/mol. The van der Waals surface area contributed by atoms with Gasteiger partial charge in [-0.25, -0.2) is 0 Å². The Kier molecular flexibility index (Phi) is 8.32. The van der Waals surface area contributed by atoms with Crippen molar-refractivity contribution in [3.8, 4) is 0 Å². The summed E-state index contributed by atoms with van der Waals surface area (Å²) in [4.78, 5) is 4.83. The molecule has 0 radical (unpaired) electrons. The van der Waals surface area contributed by atoms with Crippen molar-refractivity contribution < 1.29 is 0 Å². The van der Waals surface area contributed by atoms with Crippen molar-refractivity contribution in [3.63, 3.8) is 0 Å². The quantitative estimate of drug-likeness (QED) is 0.454. The van der Waals surface area contributed by atoms with Gasteiger partial charge < -0.3 is 4.90 Å². The van der Waals surface area contributed by atoms with Crippen LogP contribution in [0.15, 0.2) is 61.2 Å². The summed E-state index contributed by atoms with van der Waals surface area (Å²) >= 11 is 0. The monoisotopic (exact) mass is 378 g/mol. The van der Waals surface area contributed by atoms with Crippen LogP contribution >= 0.6 is 0 Å². The lowest BCUT2D eigenvalue weighted by molar-refractivity contribution is 0.211. The average molecular weight is 379 g/mol. The first-order valence-corrected chi connectivity index (χ1v) is 10.7. The molecule has 0 fully saturated rings. The molecule has 2 aromatic rings. The van der Waals surface area contributed by atoms with Crippen LogP contribution in [0.5, 0.6) is 0 Å². The summed E-state index contributed by atoms with van der Waals surface area (Å²) < 4.78 is 0. The van der Waals surface area contributed by atoms with Crippen LogP contribution in [0, 0.1) is 0 Å². The van der Waals surface area contributed by atoms with Crippen molar-refractivity contribution in [2.75, 3.05) is 32.1 Å². The minimum atomic E-state index is -0.0879. The average Bonchev–Trinajstić information content (AvgIpc) is 2.72. The molecule has 0 N–H and O–H groups in total. The van der Waals surface area contributed by atoms with Crippen LogP contribution in [0.4, 0.5) is 5.69 Å². The molecular weight excluding hydrogens is 340 g/mol. The van der Waals surface area contributed by atoms with Crippen LogP contribution in [-0.4, -0.2) is 37.6 Å². The summed E-state index contributed by atoms with van der Waals surface area (Å²) in [5.41, 5.74) is 5.02. The van der Waals surface area contributed by atoms with Gasteiger partial charge in [0.1, 0.15) is 0 Å². The summed E-state index contributed by atoms with van der Waals surface area (Å²) in [7, 11) is 4.35. The lowest BCUT2D eigenvalue weighted by atomic mass is 9.78. The zero-order valence-corrected chi connectivity index (χ0v) is 18.5. The molecule has 0 saturated carbocycles. The fourth-order valence-electron chi connectivity index (χ4n) is 4.17. The largest absolute Gasteiger partial charge is 0.372 e. The highest BCUT2D eigenvalue weighted by Crippen LogP contribution is 2.36. The highest BCUT2D eigenvalue weighted by molar-refractivity contribution is 5.73. The van der Waals surface area contributed by atoms with E-state index in [9.17, 15) is 0 Å². The van der Waals surface area contributed by atoms with Gasteiger partial charge in [-0.1, -0.05) is 69.8 Å². The molecule has 0 aliphatic rings. The topological polar surface area (TPSA) is 6.48 Å². The zero-order chi connectivity index (χ0) is 20.6. The normalized spacial score (nSPS) is 13.4. The second-order valence-corrected chi connectivity index (χ2v) is 7.95. The van der Waals surface area contributed by atoms with Crippen LogP contribution in [-0.2, 0) is 6.42 Å². The van der Waals surface area contributed by atoms with Gasteiger partial charge in [0.25, 0.3) is 0 Å². The molecule has 0 bridgehead atoms. The van der Waals surface area contributed by atoms with E-state index in [1.165, 1.54) is 35.2 Å². The van der Waals surface area contributed by atoms with E-state index in [0.717, 1.165) is 25.9 Å². The lowest BCUT2D eigenvalue weighted by Gasteiger charge is -2.42. The summed E-state index contributed by atoms with van der Waals surface area (Å²) in [6.07, 6.45) is 4.33. The third-order valence-corrected chi connectivity index (χ3v) is 5.91. The smallest absolute Gasteiger partial charge is 0.0492 e. The van der Waals surface area contributed by atoms with Crippen LogP contribution in [0.1, 0.15) is 51.2 Å². The first kappa shape index (κ1) is 22.2. The minimum Gasteiger partial charge on any atom is -0.372 e. The maximum Gasteiger partial charge on any atom is 0.0492 e. The van der Waals surface area contributed by atoms with E-state index in [1.807, 2.05) is 0 Å². The molecule has 0 saturated heterocycles. The van der Waals surface area contributed by atoms with E-state index >= 15 is 0 Å². The van der Waals surface area contributed by atoms with Crippen molar-refractivity contribution in [1.82, 2.24) is 4.90 Å². The van der Waals surface area contributed by atoms with Gasteiger partial charge >= 0.3 is 0 Å². The summed E-state index contributed by atoms with van der Waals surface area (Å²) in [6.45, 7) is 13.6. The Hall–Kier alpha value is -2.06. The van der Waals surface area contributed by atoms with Crippen LogP contribution < -0.4 is 4.90 Å². The molecular formula is C26H38N2. The molecule has 0 aliphatic carbocycles. The van der Waals surface area contributed by atoms with Crippen molar-refractivity contribution in [1.29, 1.82) is 0 Å². The van der Waals surface area contributed by atoms with E-state index in [2.05, 4.69) is 106 Å². The van der Waals surface area contributed by atoms with Gasteiger partial charge in [-0.3, -0.25) is 4.90 Å².